The Bertz CT molecular complexity index is 706. The summed E-state index contributed by atoms with van der Waals surface area (Å²) >= 11 is 0. The van der Waals surface area contributed by atoms with E-state index in [0.29, 0.717) is 22.9 Å². The monoisotopic (exact) mass is 344 g/mol. The summed E-state index contributed by atoms with van der Waals surface area (Å²) in [7, 11) is 4.65. The van der Waals surface area contributed by atoms with Crippen LogP contribution in [-0.4, -0.2) is 33.8 Å². The Labute approximate surface area is 148 Å². The van der Waals surface area contributed by atoms with Gasteiger partial charge in [-0.2, -0.15) is 0 Å². The maximum atomic E-state index is 12.2. The van der Waals surface area contributed by atoms with Gasteiger partial charge in [0.2, 0.25) is 11.7 Å². The molecule has 0 saturated heterocycles. The highest BCUT2D eigenvalue weighted by Gasteiger charge is 2.13. The first-order chi connectivity index (χ1) is 12.1. The zero-order valence-corrected chi connectivity index (χ0v) is 15.0. The third-order valence-electron chi connectivity index (χ3n) is 3.74. The zero-order chi connectivity index (χ0) is 18.2. The lowest BCUT2D eigenvalue weighted by Crippen LogP contribution is -2.21. The van der Waals surface area contributed by atoms with Crippen LogP contribution in [0, 0.1) is 0 Å². The molecular weight excluding hydrogens is 320 g/mol. The van der Waals surface area contributed by atoms with Crippen molar-refractivity contribution < 1.29 is 19.0 Å². The first-order valence-electron chi connectivity index (χ1n) is 8.04. The van der Waals surface area contributed by atoms with Gasteiger partial charge < -0.3 is 24.8 Å². The van der Waals surface area contributed by atoms with Gasteiger partial charge in [0.1, 0.15) is 0 Å². The molecule has 25 heavy (non-hydrogen) atoms. The van der Waals surface area contributed by atoms with Gasteiger partial charge in [-0.15, -0.1) is 0 Å². The molecule has 2 rings (SSSR count). The molecule has 0 radical (unpaired) electrons. The van der Waals surface area contributed by atoms with E-state index in [9.17, 15) is 4.79 Å². The largest absolute Gasteiger partial charge is 0.493 e. The predicted molar refractivity (Wildman–Crippen MR) is 99.0 cm³/mol. The van der Waals surface area contributed by atoms with E-state index >= 15 is 0 Å². The van der Waals surface area contributed by atoms with Crippen molar-refractivity contribution in [3.05, 3.63) is 42.0 Å². The molecule has 1 amide bonds. The van der Waals surface area contributed by atoms with Crippen LogP contribution in [0.5, 0.6) is 17.2 Å². The van der Waals surface area contributed by atoms with Gasteiger partial charge >= 0.3 is 0 Å². The quantitative estimate of drug-likeness (QED) is 0.769. The number of anilines is 2. The van der Waals surface area contributed by atoms with Crippen LogP contribution in [0.2, 0.25) is 0 Å². The molecule has 0 saturated carbocycles. The molecule has 0 spiro atoms. The smallest absolute Gasteiger partial charge is 0.243 e. The van der Waals surface area contributed by atoms with Gasteiger partial charge in [-0.3, -0.25) is 4.79 Å². The van der Waals surface area contributed by atoms with Crippen LogP contribution < -0.4 is 24.8 Å². The second-order valence-corrected chi connectivity index (χ2v) is 5.37. The Morgan fingerprint density at radius 3 is 2.20 bits per heavy atom. The molecule has 0 aliphatic heterocycles. The third-order valence-corrected chi connectivity index (χ3v) is 3.74. The average molecular weight is 344 g/mol. The number of hydrogen-bond acceptors (Lipinski definition) is 5. The van der Waals surface area contributed by atoms with Gasteiger partial charge in [0.15, 0.2) is 11.5 Å². The minimum absolute atomic E-state index is 0.120. The summed E-state index contributed by atoms with van der Waals surface area (Å²) in [4.78, 5) is 12.2. The fraction of sp³-hybridized carbons (Fsp3) is 0.316. The summed E-state index contributed by atoms with van der Waals surface area (Å²) in [5, 5.41) is 5.94. The summed E-state index contributed by atoms with van der Waals surface area (Å²) in [6.07, 6.45) is 0.924. The van der Waals surface area contributed by atoms with E-state index in [1.165, 1.54) is 5.56 Å². The van der Waals surface area contributed by atoms with Crippen molar-refractivity contribution in [1.29, 1.82) is 0 Å². The summed E-state index contributed by atoms with van der Waals surface area (Å²) in [6.45, 7) is 2.20. The first-order valence-corrected chi connectivity index (χ1v) is 8.04. The molecule has 0 aliphatic carbocycles. The van der Waals surface area contributed by atoms with Gasteiger partial charge in [0.25, 0.3) is 0 Å². The standard InChI is InChI=1S/C19H24N2O4/c1-5-13-7-6-8-14(9-13)21-18(22)12-20-15-10-16(23-2)19(25-4)17(11-15)24-3/h6-11,20H,5,12H2,1-4H3,(H,21,22). The molecule has 6 nitrogen and oxygen atoms in total. The lowest BCUT2D eigenvalue weighted by Gasteiger charge is -2.15. The van der Waals surface area contributed by atoms with Crippen molar-refractivity contribution in [2.75, 3.05) is 38.5 Å². The molecule has 2 aromatic rings. The number of ether oxygens (including phenoxy) is 3. The number of rotatable bonds is 8. The second kappa shape index (κ2) is 8.82. The highest BCUT2D eigenvalue weighted by molar-refractivity contribution is 5.93. The molecule has 0 unspecified atom stereocenters. The predicted octanol–water partition coefficient (Wildman–Crippen LogP) is 3.33. The number of carbonyl (C=O) groups is 1. The van der Waals surface area contributed by atoms with E-state index in [2.05, 4.69) is 17.6 Å². The molecule has 6 heteroatoms. The van der Waals surface area contributed by atoms with Crippen molar-refractivity contribution in [1.82, 2.24) is 0 Å². The number of amides is 1. The van der Waals surface area contributed by atoms with Crippen LogP contribution in [0.3, 0.4) is 0 Å². The topological polar surface area (TPSA) is 68.8 Å². The Balaban J connectivity index is 2.03. The first kappa shape index (κ1) is 18.4. The molecule has 0 fully saturated rings. The van der Waals surface area contributed by atoms with E-state index in [-0.39, 0.29) is 12.5 Å². The lowest BCUT2D eigenvalue weighted by atomic mass is 10.1. The minimum atomic E-state index is -0.137. The molecule has 0 aromatic heterocycles. The molecule has 0 heterocycles. The Morgan fingerprint density at radius 2 is 1.64 bits per heavy atom. The summed E-state index contributed by atoms with van der Waals surface area (Å²) < 4.78 is 15.9. The van der Waals surface area contributed by atoms with Crippen molar-refractivity contribution >= 4 is 17.3 Å². The van der Waals surface area contributed by atoms with E-state index in [0.717, 1.165) is 12.1 Å². The van der Waals surface area contributed by atoms with Crippen LogP contribution in [0.4, 0.5) is 11.4 Å². The Kier molecular flexibility index (Phi) is 6.51. The van der Waals surface area contributed by atoms with E-state index < -0.39 is 0 Å². The van der Waals surface area contributed by atoms with Crippen LogP contribution >= 0.6 is 0 Å². The van der Waals surface area contributed by atoms with Crippen molar-refractivity contribution in [3.8, 4) is 17.2 Å². The Hall–Kier alpha value is -2.89. The number of hydrogen-bond donors (Lipinski definition) is 2. The summed E-state index contributed by atoms with van der Waals surface area (Å²) in [5.74, 6) is 1.43. The highest BCUT2D eigenvalue weighted by Crippen LogP contribution is 2.39. The summed E-state index contributed by atoms with van der Waals surface area (Å²) in [5.41, 5.74) is 2.67. The summed E-state index contributed by atoms with van der Waals surface area (Å²) in [6, 6.07) is 11.3. The Morgan fingerprint density at radius 1 is 0.960 bits per heavy atom. The highest BCUT2D eigenvalue weighted by atomic mass is 16.5. The maximum absolute atomic E-state index is 12.2. The van der Waals surface area contributed by atoms with Crippen LogP contribution in [0.15, 0.2) is 36.4 Å². The van der Waals surface area contributed by atoms with E-state index in [4.69, 9.17) is 14.2 Å². The van der Waals surface area contributed by atoms with Gasteiger partial charge in [0.05, 0.1) is 27.9 Å². The molecule has 0 aliphatic rings. The van der Waals surface area contributed by atoms with E-state index in [1.54, 1.807) is 33.5 Å². The fourth-order valence-corrected chi connectivity index (χ4v) is 2.44. The van der Waals surface area contributed by atoms with Gasteiger partial charge in [-0.05, 0) is 24.1 Å². The molecule has 0 atom stereocenters. The number of benzene rings is 2. The molecule has 134 valence electrons. The van der Waals surface area contributed by atoms with Gasteiger partial charge in [-0.1, -0.05) is 19.1 Å². The molecular formula is C19H24N2O4. The molecule has 2 aromatic carbocycles. The normalized spacial score (nSPS) is 10.1. The third kappa shape index (κ3) is 4.79. The number of methoxy groups -OCH3 is 3. The van der Waals surface area contributed by atoms with E-state index in [1.807, 2.05) is 24.3 Å². The van der Waals surface area contributed by atoms with Crippen LogP contribution in [0.1, 0.15) is 12.5 Å². The van der Waals surface area contributed by atoms with Crippen molar-refractivity contribution in [2.24, 2.45) is 0 Å². The zero-order valence-electron chi connectivity index (χ0n) is 15.0. The minimum Gasteiger partial charge on any atom is -0.493 e. The SMILES string of the molecule is CCc1cccc(NC(=O)CNc2cc(OC)c(OC)c(OC)c2)c1. The van der Waals surface area contributed by atoms with Crippen molar-refractivity contribution in [2.45, 2.75) is 13.3 Å². The number of nitrogens with one attached hydrogen (secondary N) is 2. The molecule has 0 bridgehead atoms. The van der Waals surface area contributed by atoms with Crippen LogP contribution in [-0.2, 0) is 11.2 Å². The molecule has 2 N–H and O–H groups in total. The van der Waals surface area contributed by atoms with Crippen molar-refractivity contribution in [3.63, 3.8) is 0 Å². The average Bonchev–Trinajstić information content (AvgIpc) is 2.65. The lowest BCUT2D eigenvalue weighted by molar-refractivity contribution is -0.114. The number of carbonyl (C=O) groups excluding carboxylic acids is 1. The van der Waals surface area contributed by atoms with Crippen LogP contribution in [0.25, 0.3) is 0 Å². The van der Waals surface area contributed by atoms with Gasteiger partial charge in [0, 0.05) is 23.5 Å². The second-order valence-electron chi connectivity index (χ2n) is 5.37. The maximum Gasteiger partial charge on any atom is 0.243 e. The number of aryl methyl sites for hydroxylation is 1. The fourth-order valence-electron chi connectivity index (χ4n) is 2.44. The van der Waals surface area contributed by atoms with Gasteiger partial charge in [-0.25, -0.2) is 0 Å².